The molecule has 1 heterocycles. The van der Waals surface area contributed by atoms with E-state index in [1.165, 1.54) is 6.42 Å². The summed E-state index contributed by atoms with van der Waals surface area (Å²) in [6, 6.07) is 0. The molecule has 1 aliphatic carbocycles. The minimum absolute atomic E-state index is 0.0116. The van der Waals surface area contributed by atoms with E-state index in [4.69, 9.17) is 0 Å². The van der Waals surface area contributed by atoms with Gasteiger partial charge in [-0.3, -0.25) is 4.79 Å². The van der Waals surface area contributed by atoms with E-state index in [1.807, 2.05) is 0 Å². The zero-order valence-corrected chi connectivity index (χ0v) is 13.2. The maximum Gasteiger partial charge on any atom is 0.347 e. The highest BCUT2D eigenvalue weighted by Crippen LogP contribution is 2.28. The van der Waals surface area contributed by atoms with Crippen LogP contribution in [-0.2, 0) is 11.2 Å². The summed E-state index contributed by atoms with van der Waals surface area (Å²) in [4.78, 5) is 28.0. The number of aryl methyl sites for hydroxylation is 1. The molecule has 6 heteroatoms. The molecule has 1 aromatic heterocycles. The van der Waals surface area contributed by atoms with E-state index in [0.29, 0.717) is 17.2 Å². The fraction of sp³-hybridized carbons (Fsp3) is 0.667. The van der Waals surface area contributed by atoms with Crippen LogP contribution < -0.4 is 5.32 Å². The molecule has 1 fully saturated rings. The number of carboxylic acid groups (broad SMARTS) is 1. The number of hydrogen-bond donors (Lipinski definition) is 2. The van der Waals surface area contributed by atoms with Gasteiger partial charge < -0.3 is 10.4 Å². The molecule has 0 saturated heterocycles. The first kappa shape index (κ1) is 15.9. The van der Waals surface area contributed by atoms with Gasteiger partial charge in [-0.25, -0.2) is 9.78 Å². The maximum atomic E-state index is 12.2. The maximum absolute atomic E-state index is 12.2. The second-order valence-corrected chi connectivity index (χ2v) is 6.53. The van der Waals surface area contributed by atoms with Crippen molar-refractivity contribution in [2.24, 2.45) is 5.92 Å². The summed E-state index contributed by atoms with van der Waals surface area (Å²) >= 11 is 1.07. The Morgan fingerprint density at radius 1 is 1.33 bits per heavy atom. The lowest BCUT2D eigenvalue weighted by atomic mass is 9.89. The van der Waals surface area contributed by atoms with Gasteiger partial charge in [0.1, 0.15) is 4.88 Å². The quantitative estimate of drug-likeness (QED) is 0.839. The molecule has 0 spiro atoms. The molecule has 21 heavy (non-hydrogen) atoms. The van der Waals surface area contributed by atoms with Crippen molar-refractivity contribution in [2.75, 3.05) is 5.32 Å². The van der Waals surface area contributed by atoms with Crippen molar-refractivity contribution in [3.63, 3.8) is 0 Å². The Labute approximate surface area is 128 Å². The number of carboxylic acids is 1. The van der Waals surface area contributed by atoms with E-state index in [1.54, 1.807) is 0 Å². The molecule has 0 aromatic carbocycles. The molecule has 1 saturated carbocycles. The van der Waals surface area contributed by atoms with Crippen molar-refractivity contribution in [1.29, 1.82) is 0 Å². The van der Waals surface area contributed by atoms with Gasteiger partial charge in [-0.1, -0.05) is 43.9 Å². The van der Waals surface area contributed by atoms with E-state index in [-0.39, 0.29) is 16.7 Å². The van der Waals surface area contributed by atoms with Crippen LogP contribution in [0.25, 0.3) is 0 Å². The lowest BCUT2D eigenvalue weighted by molar-refractivity contribution is -0.120. The molecule has 5 nitrogen and oxygen atoms in total. The Kier molecular flexibility index (Phi) is 5.73. The predicted molar refractivity (Wildman–Crippen MR) is 82.9 cm³/mol. The zero-order valence-electron chi connectivity index (χ0n) is 12.4. The van der Waals surface area contributed by atoms with Crippen LogP contribution in [0.4, 0.5) is 5.13 Å². The monoisotopic (exact) mass is 310 g/mol. The van der Waals surface area contributed by atoms with Crippen LogP contribution in [0.5, 0.6) is 0 Å². The highest BCUT2D eigenvalue weighted by molar-refractivity contribution is 7.17. The van der Waals surface area contributed by atoms with Gasteiger partial charge in [0.15, 0.2) is 5.13 Å². The fourth-order valence-electron chi connectivity index (χ4n) is 2.66. The third kappa shape index (κ3) is 4.27. The molecule has 2 rings (SSSR count). The van der Waals surface area contributed by atoms with E-state index >= 15 is 0 Å². The van der Waals surface area contributed by atoms with Crippen molar-refractivity contribution in [2.45, 2.75) is 58.3 Å². The largest absolute Gasteiger partial charge is 0.477 e. The van der Waals surface area contributed by atoms with Gasteiger partial charge in [0.05, 0.1) is 5.69 Å². The molecule has 2 N–H and O–H groups in total. The van der Waals surface area contributed by atoms with Gasteiger partial charge >= 0.3 is 5.97 Å². The molecular formula is C15H22N2O3S. The first-order chi connectivity index (χ1) is 10.1. The van der Waals surface area contributed by atoms with E-state index in [9.17, 15) is 14.7 Å². The number of thiazole rings is 1. The zero-order chi connectivity index (χ0) is 15.2. The van der Waals surface area contributed by atoms with Crippen molar-refractivity contribution in [3.05, 3.63) is 10.6 Å². The van der Waals surface area contributed by atoms with Crippen LogP contribution in [0, 0.1) is 5.92 Å². The van der Waals surface area contributed by atoms with Crippen molar-refractivity contribution in [3.8, 4) is 0 Å². The number of nitrogens with zero attached hydrogens (tertiary/aromatic N) is 1. The van der Waals surface area contributed by atoms with Gasteiger partial charge in [-0.15, -0.1) is 0 Å². The molecule has 116 valence electrons. The normalized spacial score (nSPS) is 15.9. The highest BCUT2D eigenvalue weighted by Gasteiger charge is 2.23. The summed E-state index contributed by atoms with van der Waals surface area (Å²) in [7, 11) is 0. The molecule has 1 aromatic rings. The number of nitrogens with one attached hydrogen (secondary N) is 1. The van der Waals surface area contributed by atoms with Crippen molar-refractivity contribution in [1.82, 2.24) is 4.98 Å². The second-order valence-electron chi connectivity index (χ2n) is 5.53. The van der Waals surface area contributed by atoms with Gasteiger partial charge in [0.2, 0.25) is 5.91 Å². The third-order valence-electron chi connectivity index (χ3n) is 3.86. The number of rotatable bonds is 6. The van der Waals surface area contributed by atoms with Gasteiger partial charge in [-0.2, -0.15) is 0 Å². The van der Waals surface area contributed by atoms with Crippen LogP contribution in [0.15, 0.2) is 0 Å². The second kappa shape index (κ2) is 7.54. The fourth-order valence-corrected chi connectivity index (χ4v) is 3.51. The number of amides is 1. The third-order valence-corrected chi connectivity index (χ3v) is 4.87. The smallest absolute Gasteiger partial charge is 0.347 e. The van der Waals surface area contributed by atoms with Crippen molar-refractivity contribution >= 4 is 28.3 Å². The van der Waals surface area contributed by atoms with E-state index < -0.39 is 5.97 Å². The molecule has 0 unspecified atom stereocenters. The average molecular weight is 310 g/mol. The Morgan fingerprint density at radius 3 is 2.67 bits per heavy atom. The molecule has 0 atom stereocenters. The van der Waals surface area contributed by atoms with Crippen LogP contribution >= 0.6 is 11.3 Å². The van der Waals surface area contributed by atoms with Crippen LogP contribution in [0.1, 0.15) is 67.2 Å². The van der Waals surface area contributed by atoms with Gasteiger partial charge in [0, 0.05) is 5.92 Å². The number of aromatic nitrogens is 1. The van der Waals surface area contributed by atoms with Crippen LogP contribution in [-0.4, -0.2) is 22.0 Å². The number of carbonyl (C=O) groups is 2. The molecular weight excluding hydrogens is 288 g/mol. The minimum atomic E-state index is -0.961. The number of aromatic carboxylic acids is 1. The Hall–Kier alpha value is -1.43. The first-order valence-electron chi connectivity index (χ1n) is 7.65. The standard InChI is InChI=1S/C15H22N2O3S/c1-2-3-9-11-12(14(19)20)21-15(16-11)17-13(18)10-7-5-4-6-8-10/h10H,2-9H2,1H3,(H,19,20)(H,16,17,18). The van der Waals surface area contributed by atoms with Crippen LogP contribution in [0.3, 0.4) is 0 Å². The number of hydrogen-bond acceptors (Lipinski definition) is 4. The summed E-state index contributed by atoms with van der Waals surface area (Å²) in [5.74, 6) is -0.922. The summed E-state index contributed by atoms with van der Waals surface area (Å²) in [6.07, 6.45) is 7.77. The lowest BCUT2D eigenvalue weighted by Gasteiger charge is -2.19. The first-order valence-corrected chi connectivity index (χ1v) is 8.47. The van der Waals surface area contributed by atoms with Crippen molar-refractivity contribution < 1.29 is 14.7 Å². The molecule has 0 radical (unpaired) electrons. The van der Waals surface area contributed by atoms with Gasteiger partial charge in [-0.05, 0) is 25.7 Å². The molecule has 0 bridgehead atoms. The molecule has 0 aliphatic heterocycles. The minimum Gasteiger partial charge on any atom is -0.477 e. The number of carbonyl (C=O) groups excluding carboxylic acids is 1. The Balaban J connectivity index is 2.05. The summed E-state index contributed by atoms with van der Waals surface area (Å²) < 4.78 is 0. The molecule has 1 aliphatic rings. The molecule has 1 amide bonds. The van der Waals surface area contributed by atoms with E-state index in [0.717, 1.165) is 49.9 Å². The lowest BCUT2D eigenvalue weighted by Crippen LogP contribution is -2.24. The van der Waals surface area contributed by atoms with Crippen LogP contribution in [0.2, 0.25) is 0 Å². The predicted octanol–water partition coefficient (Wildman–Crippen LogP) is 3.70. The summed E-state index contributed by atoms with van der Waals surface area (Å²) in [6.45, 7) is 2.05. The average Bonchev–Trinajstić information content (AvgIpc) is 2.89. The summed E-state index contributed by atoms with van der Waals surface area (Å²) in [5, 5.41) is 12.5. The SMILES string of the molecule is CCCCc1nc(NC(=O)C2CCCCC2)sc1C(=O)O. The number of unbranched alkanes of at least 4 members (excludes halogenated alkanes) is 1. The Bertz CT molecular complexity index is 507. The highest BCUT2D eigenvalue weighted by atomic mass is 32.1. The topological polar surface area (TPSA) is 79.3 Å². The van der Waals surface area contributed by atoms with Gasteiger partial charge in [0.25, 0.3) is 0 Å². The van der Waals surface area contributed by atoms with E-state index in [2.05, 4.69) is 17.2 Å². The summed E-state index contributed by atoms with van der Waals surface area (Å²) in [5.41, 5.74) is 0.591. The number of anilines is 1. The Morgan fingerprint density at radius 2 is 2.05 bits per heavy atom.